The van der Waals surface area contributed by atoms with Crippen molar-refractivity contribution in [3.8, 4) is 0 Å². The van der Waals surface area contributed by atoms with E-state index in [4.69, 9.17) is 11.1 Å². The quantitative estimate of drug-likeness (QED) is 0.424. The first-order chi connectivity index (χ1) is 4.16. The number of rotatable bonds is 2. The smallest absolute Gasteiger partial charge is 0.0328 e. The molecule has 0 atom stereocenters. The van der Waals surface area contributed by atoms with Crippen LogP contribution in [-0.2, 0) is 0 Å². The molecule has 0 fully saturated rings. The molecule has 0 aliphatic heterocycles. The van der Waals surface area contributed by atoms with Gasteiger partial charge in [0.15, 0.2) is 0 Å². The highest BCUT2D eigenvalue weighted by Gasteiger charge is 1.80. The highest BCUT2D eigenvalue weighted by atomic mass is 14.6. The lowest BCUT2D eigenvalue weighted by Crippen LogP contribution is -1.95. The number of hydrogen-bond acceptors (Lipinski definition) is 2. The summed E-state index contributed by atoms with van der Waals surface area (Å²) in [6.45, 7) is 3.58. The van der Waals surface area contributed by atoms with E-state index in [1.807, 2.05) is 13.0 Å². The molecule has 0 aromatic heterocycles. The molecule has 3 N–H and O–H groups in total. The van der Waals surface area contributed by atoms with Gasteiger partial charge in [-0.2, -0.15) is 0 Å². The Morgan fingerprint density at radius 2 is 2.11 bits per heavy atom. The van der Waals surface area contributed by atoms with Gasteiger partial charge in [-0.25, -0.2) is 0 Å². The maximum absolute atomic E-state index is 7.01. The van der Waals surface area contributed by atoms with Crippen molar-refractivity contribution in [2.75, 3.05) is 0 Å². The van der Waals surface area contributed by atoms with Crippen LogP contribution in [0.2, 0.25) is 0 Å². The SMILES string of the molecule is C/C=C\C(N)=C/C(C)=N. The van der Waals surface area contributed by atoms with Crippen LogP contribution in [0.5, 0.6) is 0 Å². The average molecular weight is 124 g/mol. The summed E-state index contributed by atoms with van der Waals surface area (Å²) >= 11 is 0. The molecule has 0 radical (unpaired) electrons. The van der Waals surface area contributed by atoms with Crippen LogP contribution in [0.15, 0.2) is 23.9 Å². The van der Waals surface area contributed by atoms with Gasteiger partial charge < -0.3 is 11.1 Å². The summed E-state index contributed by atoms with van der Waals surface area (Å²) in [6.07, 6.45) is 5.22. The van der Waals surface area contributed by atoms with Gasteiger partial charge in [-0.15, -0.1) is 0 Å². The number of nitrogens with one attached hydrogen (secondary N) is 1. The first-order valence-electron chi connectivity index (χ1n) is 2.82. The third-order valence-corrected chi connectivity index (χ3v) is 0.742. The Labute approximate surface area is 55.6 Å². The molecule has 2 heteroatoms. The minimum atomic E-state index is 0.477. The van der Waals surface area contributed by atoms with E-state index < -0.39 is 0 Å². The molecule has 0 spiro atoms. The van der Waals surface area contributed by atoms with Crippen molar-refractivity contribution in [1.29, 1.82) is 5.41 Å². The van der Waals surface area contributed by atoms with Crippen molar-refractivity contribution in [2.24, 2.45) is 5.73 Å². The fourth-order valence-electron chi connectivity index (χ4n) is 0.491. The van der Waals surface area contributed by atoms with Crippen LogP contribution in [0.25, 0.3) is 0 Å². The van der Waals surface area contributed by atoms with Gasteiger partial charge in [0.1, 0.15) is 0 Å². The zero-order valence-corrected chi connectivity index (χ0v) is 5.81. The largest absolute Gasteiger partial charge is 0.399 e. The van der Waals surface area contributed by atoms with E-state index in [9.17, 15) is 0 Å². The van der Waals surface area contributed by atoms with Crippen LogP contribution < -0.4 is 5.73 Å². The van der Waals surface area contributed by atoms with Crippen LogP contribution in [0.1, 0.15) is 13.8 Å². The van der Waals surface area contributed by atoms with Gasteiger partial charge >= 0.3 is 0 Å². The predicted octanol–water partition coefficient (Wildman–Crippen LogP) is 1.44. The lowest BCUT2D eigenvalue weighted by Gasteiger charge is -1.88. The topological polar surface area (TPSA) is 49.9 Å². The molecule has 0 aromatic rings. The van der Waals surface area contributed by atoms with Gasteiger partial charge in [0.25, 0.3) is 0 Å². The number of hydrogen-bond donors (Lipinski definition) is 2. The van der Waals surface area contributed by atoms with Crippen LogP contribution >= 0.6 is 0 Å². The summed E-state index contributed by atoms with van der Waals surface area (Å²) in [5.41, 5.74) is 6.53. The zero-order chi connectivity index (χ0) is 7.28. The first-order valence-corrected chi connectivity index (χ1v) is 2.82. The van der Waals surface area contributed by atoms with Crippen LogP contribution in [0, 0.1) is 5.41 Å². The maximum atomic E-state index is 7.01. The Bertz CT molecular complexity index is 154. The Kier molecular flexibility index (Phi) is 3.44. The van der Waals surface area contributed by atoms with Crippen molar-refractivity contribution in [1.82, 2.24) is 0 Å². The van der Waals surface area contributed by atoms with E-state index in [1.54, 1.807) is 19.1 Å². The second kappa shape index (κ2) is 3.89. The Morgan fingerprint density at radius 3 is 2.44 bits per heavy atom. The lowest BCUT2D eigenvalue weighted by atomic mass is 10.3. The minimum Gasteiger partial charge on any atom is -0.399 e. The van der Waals surface area contributed by atoms with Gasteiger partial charge in [-0.05, 0) is 26.0 Å². The third kappa shape index (κ3) is 4.81. The Balaban J connectivity index is 4.00. The molecular weight excluding hydrogens is 112 g/mol. The van der Waals surface area contributed by atoms with Crippen molar-refractivity contribution in [2.45, 2.75) is 13.8 Å². The molecule has 0 aromatic carbocycles. The second-order valence-corrected chi connectivity index (χ2v) is 1.83. The Hall–Kier alpha value is -1.05. The molecule has 0 aliphatic carbocycles. The van der Waals surface area contributed by atoms with Gasteiger partial charge in [0, 0.05) is 11.4 Å². The summed E-state index contributed by atoms with van der Waals surface area (Å²) in [7, 11) is 0. The molecule has 0 saturated heterocycles. The van der Waals surface area contributed by atoms with E-state index in [1.165, 1.54) is 0 Å². The molecule has 0 saturated carbocycles. The molecule has 9 heavy (non-hydrogen) atoms. The van der Waals surface area contributed by atoms with Gasteiger partial charge in [0.05, 0.1) is 0 Å². The molecular formula is C7H12N2. The number of nitrogens with two attached hydrogens (primary N) is 1. The first kappa shape index (κ1) is 7.95. The molecule has 0 aliphatic rings. The van der Waals surface area contributed by atoms with E-state index in [2.05, 4.69) is 0 Å². The predicted molar refractivity (Wildman–Crippen MR) is 40.5 cm³/mol. The van der Waals surface area contributed by atoms with Gasteiger partial charge in [-0.3, -0.25) is 0 Å². The molecule has 0 amide bonds. The van der Waals surface area contributed by atoms with E-state index in [0.717, 1.165) is 0 Å². The van der Waals surface area contributed by atoms with Crippen molar-refractivity contribution in [3.63, 3.8) is 0 Å². The fourth-order valence-corrected chi connectivity index (χ4v) is 0.491. The molecule has 0 heterocycles. The van der Waals surface area contributed by atoms with Crippen molar-refractivity contribution in [3.05, 3.63) is 23.9 Å². The molecule has 50 valence electrons. The normalized spacial score (nSPS) is 12.4. The summed E-state index contributed by atoms with van der Waals surface area (Å²) in [6, 6.07) is 0. The maximum Gasteiger partial charge on any atom is 0.0328 e. The summed E-state index contributed by atoms with van der Waals surface area (Å²) < 4.78 is 0. The standard InChI is InChI=1S/C7H12N2/c1-3-4-7(9)5-6(2)8/h3-5,8H,9H2,1-2H3/b4-3-,7-5+,8-6?. The molecule has 0 unspecified atom stereocenters. The average Bonchev–Trinajstić information content (AvgIpc) is 1.63. The van der Waals surface area contributed by atoms with Crippen molar-refractivity contribution >= 4 is 5.71 Å². The van der Waals surface area contributed by atoms with E-state index in [-0.39, 0.29) is 0 Å². The number of allylic oxidation sites excluding steroid dienone is 3. The van der Waals surface area contributed by atoms with E-state index >= 15 is 0 Å². The monoisotopic (exact) mass is 124 g/mol. The fraction of sp³-hybridized carbons (Fsp3) is 0.286. The second-order valence-electron chi connectivity index (χ2n) is 1.83. The van der Waals surface area contributed by atoms with Crippen molar-refractivity contribution < 1.29 is 0 Å². The Morgan fingerprint density at radius 1 is 1.56 bits per heavy atom. The lowest BCUT2D eigenvalue weighted by molar-refractivity contribution is 1.40. The molecule has 0 rings (SSSR count). The zero-order valence-electron chi connectivity index (χ0n) is 5.81. The van der Waals surface area contributed by atoms with Crippen LogP contribution in [-0.4, -0.2) is 5.71 Å². The summed E-state index contributed by atoms with van der Waals surface area (Å²) in [5.74, 6) is 0. The van der Waals surface area contributed by atoms with Gasteiger partial charge in [0.2, 0.25) is 0 Å². The molecule has 0 bridgehead atoms. The minimum absolute atomic E-state index is 0.477. The van der Waals surface area contributed by atoms with Crippen LogP contribution in [0.3, 0.4) is 0 Å². The molecule has 2 nitrogen and oxygen atoms in total. The highest BCUT2D eigenvalue weighted by molar-refractivity contribution is 5.90. The van der Waals surface area contributed by atoms with Gasteiger partial charge in [-0.1, -0.05) is 6.08 Å². The summed E-state index contributed by atoms with van der Waals surface area (Å²) in [5, 5.41) is 7.01. The third-order valence-electron chi connectivity index (χ3n) is 0.742. The van der Waals surface area contributed by atoms with Crippen LogP contribution in [0.4, 0.5) is 0 Å². The highest BCUT2D eigenvalue weighted by Crippen LogP contribution is 1.86. The van der Waals surface area contributed by atoms with E-state index in [0.29, 0.717) is 11.4 Å². The summed E-state index contributed by atoms with van der Waals surface area (Å²) in [4.78, 5) is 0.